The van der Waals surface area contributed by atoms with Crippen molar-refractivity contribution in [1.82, 2.24) is 0 Å². The highest BCUT2D eigenvalue weighted by Gasteiger charge is 2.04. The molecule has 2 aromatic carbocycles. The second kappa shape index (κ2) is 8.28. The van der Waals surface area contributed by atoms with Crippen LogP contribution in [0, 0.1) is 0 Å². The second-order valence-electron chi connectivity index (χ2n) is 4.72. The minimum Gasteiger partial charge on any atom is -0.444 e. The van der Waals surface area contributed by atoms with Crippen molar-refractivity contribution < 1.29 is 9.53 Å². The van der Waals surface area contributed by atoms with Crippen LogP contribution in [0.15, 0.2) is 48.5 Å². The summed E-state index contributed by atoms with van der Waals surface area (Å²) in [6, 6.07) is 15.4. The number of anilines is 2. The maximum absolute atomic E-state index is 11.8. The highest BCUT2D eigenvalue weighted by molar-refractivity contribution is 14.1. The Kier molecular flexibility index (Phi) is 6.38. The Morgan fingerprint density at radius 2 is 1.73 bits per heavy atom. The molecule has 0 atom stereocenters. The standard InChI is InChI=1S/C16H17IN2O2S/c1-19(22)15-8-4-13(5-9-15)11-21-16(20)18-14-6-2-12(10-17)3-7-14/h2-9,22H,10-11H2,1H3,(H,18,20). The summed E-state index contributed by atoms with van der Waals surface area (Å²) in [5, 5.41) is 2.71. The topological polar surface area (TPSA) is 41.6 Å². The molecule has 0 aliphatic rings. The SMILES string of the molecule is CN(S)c1ccc(COC(=O)Nc2ccc(CI)cc2)cc1. The number of halogens is 1. The molecule has 4 nitrogen and oxygen atoms in total. The van der Waals surface area contributed by atoms with E-state index in [4.69, 9.17) is 4.74 Å². The van der Waals surface area contributed by atoms with Crippen molar-refractivity contribution in [3.8, 4) is 0 Å². The van der Waals surface area contributed by atoms with E-state index in [1.54, 1.807) is 4.31 Å². The quantitative estimate of drug-likeness (QED) is 0.414. The van der Waals surface area contributed by atoms with Gasteiger partial charge in [-0.25, -0.2) is 4.79 Å². The third-order valence-corrected chi connectivity index (χ3v) is 4.15. The molecule has 0 aromatic heterocycles. The van der Waals surface area contributed by atoms with Crippen LogP contribution in [0.4, 0.5) is 16.2 Å². The first-order valence-corrected chi connectivity index (χ1v) is 8.61. The van der Waals surface area contributed by atoms with Crippen molar-refractivity contribution in [1.29, 1.82) is 0 Å². The largest absolute Gasteiger partial charge is 0.444 e. The Balaban J connectivity index is 1.84. The van der Waals surface area contributed by atoms with Crippen molar-refractivity contribution in [2.75, 3.05) is 16.7 Å². The summed E-state index contributed by atoms with van der Waals surface area (Å²) in [5.41, 5.74) is 3.85. The lowest BCUT2D eigenvalue weighted by atomic mass is 10.2. The number of carbonyl (C=O) groups excluding carboxylic acids is 1. The van der Waals surface area contributed by atoms with Crippen LogP contribution in [-0.4, -0.2) is 13.1 Å². The van der Waals surface area contributed by atoms with E-state index >= 15 is 0 Å². The fraction of sp³-hybridized carbons (Fsp3) is 0.188. The number of nitrogens with zero attached hydrogens (tertiary/aromatic N) is 1. The number of amides is 1. The monoisotopic (exact) mass is 428 g/mol. The van der Waals surface area contributed by atoms with Gasteiger partial charge in [-0.1, -0.05) is 59.7 Å². The minimum absolute atomic E-state index is 0.230. The van der Waals surface area contributed by atoms with Crippen LogP contribution in [-0.2, 0) is 15.8 Å². The summed E-state index contributed by atoms with van der Waals surface area (Å²) in [4.78, 5) is 11.8. The fourth-order valence-corrected chi connectivity index (χ4v) is 2.43. The molecule has 6 heteroatoms. The molecule has 2 aromatic rings. The van der Waals surface area contributed by atoms with Gasteiger partial charge in [0.2, 0.25) is 0 Å². The Morgan fingerprint density at radius 3 is 2.27 bits per heavy atom. The van der Waals surface area contributed by atoms with E-state index in [1.165, 1.54) is 5.56 Å². The van der Waals surface area contributed by atoms with Gasteiger partial charge in [-0.3, -0.25) is 5.32 Å². The highest BCUT2D eigenvalue weighted by Crippen LogP contribution is 2.16. The van der Waals surface area contributed by atoms with E-state index in [0.29, 0.717) is 0 Å². The Bertz CT molecular complexity index is 615. The van der Waals surface area contributed by atoms with Gasteiger partial charge in [0.1, 0.15) is 6.61 Å². The first-order valence-electron chi connectivity index (χ1n) is 6.68. The number of benzene rings is 2. The third kappa shape index (κ3) is 5.10. The molecule has 1 amide bonds. The average molecular weight is 428 g/mol. The molecule has 0 radical (unpaired) electrons. The first kappa shape index (κ1) is 17.0. The number of carbonyl (C=O) groups is 1. The number of hydrogen-bond donors (Lipinski definition) is 2. The van der Waals surface area contributed by atoms with Gasteiger partial charge in [-0.2, -0.15) is 0 Å². The molecule has 2 rings (SSSR count). The van der Waals surface area contributed by atoms with Gasteiger partial charge in [0.25, 0.3) is 0 Å². The van der Waals surface area contributed by atoms with E-state index < -0.39 is 6.09 Å². The van der Waals surface area contributed by atoms with Crippen LogP contribution in [0.25, 0.3) is 0 Å². The molecule has 1 N–H and O–H groups in total. The molecule has 0 aliphatic heterocycles. The van der Waals surface area contributed by atoms with E-state index in [-0.39, 0.29) is 6.61 Å². The van der Waals surface area contributed by atoms with Crippen LogP contribution in [0.1, 0.15) is 11.1 Å². The van der Waals surface area contributed by atoms with Crippen molar-refractivity contribution in [3.63, 3.8) is 0 Å². The molecule has 0 saturated heterocycles. The highest BCUT2D eigenvalue weighted by atomic mass is 127. The summed E-state index contributed by atoms with van der Waals surface area (Å²) in [6.07, 6.45) is -0.461. The zero-order valence-corrected chi connectivity index (χ0v) is 15.2. The number of rotatable bonds is 5. The van der Waals surface area contributed by atoms with Gasteiger partial charge < -0.3 is 9.04 Å². The number of nitrogens with one attached hydrogen (secondary N) is 1. The predicted molar refractivity (Wildman–Crippen MR) is 102 cm³/mol. The molecule has 0 fully saturated rings. The molecule has 0 saturated carbocycles. The summed E-state index contributed by atoms with van der Waals surface area (Å²) in [7, 11) is 1.85. The summed E-state index contributed by atoms with van der Waals surface area (Å²) in [5.74, 6) is 0. The molecule has 0 heterocycles. The predicted octanol–water partition coefficient (Wildman–Crippen LogP) is 4.65. The molecule has 22 heavy (non-hydrogen) atoms. The van der Waals surface area contributed by atoms with Crippen LogP contribution >= 0.6 is 35.4 Å². The Hall–Kier alpha value is -1.41. The summed E-state index contributed by atoms with van der Waals surface area (Å²) < 4.78 is 7.87. The zero-order valence-electron chi connectivity index (χ0n) is 12.1. The van der Waals surface area contributed by atoms with Crippen LogP contribution in [0.2, 0.25) is 0 Å². The molecular weight excluding hydrogens is 411 g/mol. The van der Waals surface area contributed by atoms with Crippen molar-refractivity contribution in [2.24, 2.45) is 0 Å². The maximum atomic E-state index is 11.8. The summed E-state index contributed by atoms with van der Waals surface area (Å²) >= 11 is 6.51. The Labute approximate surface area is 149 Å². The lowest BCUT2D eigenvalue weighted by Crippen LogP contribution is -2.13. The van der Waals surface area contributed by atoms with Gasteiger partial charge in [0, 0.05) is 22.8 Å². The smallest absolute Gasteiger partial charge is 0.411 e. The van der Waals surface area contributed by atoms with E-state index in [2.05, 4.69) is 40.7 Å². The lowest BCUT2D eigenvalue weighted by molar-refractivity contribution is 0.155. The number of alkyl halides is 1. The minimum atomic E-state index is -0.461. The maximum Gasteiger partial charge on any atom is 0.411 e. The van der Waals surface area contributed by atoms with Crippen LogP contribution < -0.4 is 9.62 Å². The number of hydrogen-bond acceptors (Lipinski definition) is 4. The van der Waals surface area contributed by atoms with Crippen molar-refractivity contribution in [2.45, 2.75) is 11.0 Å². The third-order valence-electron chi connectivity index (χ3n) is 3.03. The Morgan fingerprint density at radius 1 is 1.14 bits per heavy atom. The van der Waals surface area contributed by atoms with Crippen molar-refractivity contribution in [3.05, 3.63) is 59.7 Å². The van der Waals surface area contributed by atoms with Crippen LogP contribution in [0.3, 0.4) is 0 Å². The van der Waals surface area contributed by atoms with E-state index in [9.17, 15) is 4.79 Å². The molecule has 0 aliphatic carbocycles. The number of ether oxygens (including phenoxy) is 1. The van der Waals surface area contributed by atoms with Gasteiger partial charge >= 0.3 is 6.09 Å². The lowest BCUT2D eigenvalue weighted by Gasteiger charge is -2.11. The molecule has 0 unspecified atom stereocenters. The van der Waals surface area contributed by atoms with E-state index in [0.717, 1.165) is 21.4 Å². The van der Waals surface area contributed by atoms with Gasteiger partial charge in [0.15, 0.2) is 0 Å². The normalized spacial score (nSPS) is 10.1. The first-order chi connectivity index (χ1) is 10.6. The molecule has 116 valence electrons. The van der Waals surface area contributed by atoms with E-state index in [1.807, 2.05) is 55.6 Å². The molecule has 0 spiro atoms. The molecular formula is C16H17IN2O2S. The van der Waals surface area contributed by atoms with Gasteiger partial charge in [-0.05, 0) is 35.4 Å². The van der Waals surface area contributed by atoms with Crippen molar-refractivity contribution >= 4 is 52.9 Å². The summed E-state index contributed by atoms with van der Waals surface area (Å²) in [6.45, 7) is 0.230. The molecule has 0 bridgehead atoms. The average Bonchev–Trinajstić information content (AvgIpc) is 2.54. The fourth-order valence-electron chi connectivity index (χ4n) is 1.79. The van der Waals surface area contributed by atoms with Gasteiger partial charge in [-0.15, -0.1) is 0 Å². The van der Waals surface area contributed by atoms with Gasteiger partial charge in [0.05, 0.1) is 0 Å². The zero-order chi connectivity index (χ0) is 15.9. The second-order valence-corrected chi connectivity index (χ2v) is 6.08. The number of thiol groups is 1. The van der Waals surface area contributed by atoms with Crippen LogP contribution in [0.5, 0.6) is 0 Å².